The summed E-state index contributed by atoms with van der Waals surface area (Å²) < 4.78 is 25.5. The molecule has 0 saturated heterocycles. The van der Waals surface area contributed by atoms with Crippen molar-refractivity contribution in [1.29, 1.82) is 0 Å². The van der Waals surface area contributed by atoms with E-state index in [1.807, 2.05) is 43.3 Å². The zero-order valence-electron chi connectivity index (χ0n) is 20.5. The van der Waals surface area contributed by atoms with E-state index in [0.29, 0.717) is 23.6 Å². The second kappa shape index (κ2) is 10.9. The maximum absolute atomic E-state index is 13.8. The molecule has 190 valence electrons. The molecule has 0 aliphatic heterocycles. The van der Waals surface area contributed by atoms with Crippen LogP contribution < -0.4 is 10.4 Å². The van der Waals surface area contributed by atoms with Crippen LogP contribution in [0.15, 0.2) is 87.9 Å². The Bertz CT molecular complexity index is 1610. The van der Waals surface area contributed by atoms with Gasteiger partial charge in [-0.1, -0.05) is 42.5 Å². The van der Waals surface area contributed by atoms with Crippen LogP contribution in [0, 0.1) is 6.92 Å². The number of aryl methyl sites for hydroxylation is 1. The summed E-state index contributed by atoms with van der Waals surface area (Å²) >= 11 is -0.0383. The lowest BCUT2D eigenvalue weighted by Gasteiger charge is -2.19. The SMILES string of the molecule is CCOC(CC(=O)N[S+]([O-])c1ccccc1)n1c(=O)n(Cc2csc3cccc(C)c23)c2ccccc21. The molecule has 7 nitrogen and oxygen atoms in total. The fourth-order valence-corrected chi connectivity index (χ4v) is 6.46. The highest BCUT2D eigenvalue weighted by atomic mass is 32.2. The Morgan fingerprint density at radius 3 is 2.54 bits per heavy atom. The molecule has 2 aromatic heterocycles. The van der Waals surface area contributed by atoms with Gasteiger partial charge in [-0.05, 0) is 60.7 Å². The van der Waals surface area contributed by atoms with Crippen molar-refractivity contribution < 1.29 is 14.1 Å². The van der Waals surface area contributed by atoms with E-state index in [4.69, 9.17) is 4.74 Å². The predicted molar refractivity (Wildman–Crippen MR) is 148 cm³/mol. The summed E-state index contributed by atoms with van der Waals surface area (Å²) in [6.07, 6.45) is -1.00. The van der Waals surface area contributed by atoms with Crippen LogP contribution in [0.3, 0.4) is 0 Å². The van der Waals surface area contributed by atoms with E-state index in [1.54, 1.807) is 40.2 Å². The van der Waals surface area contributed by atoms with E-state index < -0.39 is 23.5 Å². The van der Waals surface area contributed by atoms with E-state index in [2.05, 4.69) is 29.2 Å². The minimum atomic E-state index is -1.70. The van der Waals surface area contributed by atoms with Crippen molar-refractivity contribution in [3.8, 4) is 0 Å². The first kappa shape index (κ1) is 25.3. The number of para-hydroxylation sites is 2. The molecular weight excluding hydrogens is 506 g/mol. The summed E-state index contributed by atoms with van der Waals surface area (Å²) in [5, 5.41) is 3.27. The maximum Gasteiger partial charge on any atom is 0.331 e. The third-order valence-corrected chi connectivity index (χ3v) is 8.36. The average molecular weight is 534 g/mol. The lowest BCUT2D eigenvalue weighted by atomic mass is 10.1. The third kappa shape index (κ3) is 5.08. The van der Waals surface area contributed by atoms with E-state index >= 15 is 0 Å². The Hall–Kier alpha value is -3.37. The van der Waals surface area contributed by atoms with Crippen LogP contribution in [-0.2, 0) is 27.4 Å². The molecule has 0 spiro atoms. The van der Waals surface area contributed by atoms with Crippen LogP contribution in [0.2, 0.25) is 0 Å². The maximum atomic E-state index is 13.8. The van der Waals surface area contributed by atoms with Gasteiger partial charge in [-0.3, -0.25) is 13.9 Å². The number of aromatic nitrogens is 2. The van der Waals surface area contributed by atoms with Gasteiger partial charge in [-0.25, -0.2) is 4.79 Å². The number of carbonyl (C=O) groups is 1. The molecule has 0 bridgehead atoms. The number of benzene rings is 3. The van der Waals surface area contributed by atoms with E-state index in [-0.39, 0.29) is 12.1 Å². The number of amides is 1. The Kier molecular flexibility index (Phi) is 7.48. The molecule has 0 radical (unpaired) electrons. The first-order valence-electron chi connectivity index (χ1n) is 12.0. The van der Waals surface area contributed by atoms with Crippen LogP contribution in [0.5, 0.6) is 0 Å². The van der Waals surface area contributed by atoms with Gasteiger partial charge in [0.15, 0.2) is 4.90 Å². The largest absolute Gasteiger partial charge is 0.588 e. The normalized spacial score (nSPS) is 13.2. The number of ether oxygens (including phenoxy) is 1. The molecule has 2 atom stereocenters. The summed E-state index contributed by atoms with van der Waals surface area (Å²) in [7, 11) is 0. The van der Waals surface area contributed by atoms with Gasteiger partial charge in [0.1, 0.15) is 17.6 Å². The standard InChI is InChI=1S/C28H27N3O4S2/c1-3-35-26(16-25(32)29-37(34)21-11-5-4-6-12-21)31-23-14-8-7-13-22(23)30(28(31)33)17-20-18-36-24-15-9-10-19(2)27(20)24/h4-15,18,26H,3,16-17H2,1-2H3,(H,29,32). The number of nitrogens with one attached hydrogen (secondary N) is 1. The molecule has 0 fully saturated rings. The van der Waals surface area contributed by atoms with Crippen molar-refractivity contribution in [1.82, 2.24) is 13.9 Å². The van der Waals surface area contributed by atoms with Crippen molar-refractivity contribution in [2.75, 3.05) is 6.61 Å². The molecule has 1 amide bonds. The quantitative estimate of drug-likeness (QED) is 0.266. The molecule has 1 N–H and O–H groups in total. The Morgan fingerprint density at radius 2 is 1.78 bits per heavy atom. The lowest BCUT2D eigenvalue weighted by Crippen LogP contribution is -2.35. The van der Waals surface area contributed by atoms with Gasteiger partial charge in [0.05, 0.1) is 24.0 Å². The molecule has 2 unspecified atom stereocenters. The molecule has 0 aliphatic carbocycles. The van der Waals surface area contributed by atoms with Crippen LogP contribution in [0.4, 0.5) is 0 Å². The summed E-state index contributed by atoms with van der Waals surface area (Å²) in [4.78, 5) is 27.2. The first-order chi connectivity index (χ1) is 18.0. The van der Waals surface area contributed by atoms with Gasteiger partial charge in [-0.2, -0.15) is 4.72 Å². The smallest absolute Gasteiger partial charge is 0.331 e. The number of hydrogen-bond acceptors (Lipinski definition) is 5. The third-order valence-electron chi connectivity index (χ3n) is 6.25. The number of fused-ring (bicyclic) bond motifs is 2. The molecule has 3 aromatic carbocycles. The Balaban J connectivity index is 1.49. The highest BCUT2D eigenvalue weighted by Crippen LogP contribution is 2.30. The van der Waals surface area contributed by atoms with Crippen molar-refractivity contribution >= 4 is 49.7 Å². The van der Waals surface area contributed by atoms with Gasteiger partial charge in [-0.15, -0.1) is 11.3 Å². The zero-order chi connectivity index (χ0) is 25.9. The van der Waals surface area contributed by atoms with Gasteiger partial charge >= 0.3 is 5.69 Å². The second-order valence-corrected chi connectivity index (χ2v) is 10.8. The highest BCUT2D eigenvalue weighted by molar-refractivity contribution is 7.90. The predicted octanol–water partition coefficient (Wildman–Crippen LogP) is 5.14. The second-order valence-electron chi connectivity index (χ2n) is 8.66. The van der Waals surface area contributed by atoms with Crippen LogP contribution in [0.1, 0.15) is 30.7 Å². The van der Waals surface area contributed by atoms with Gasteiger partial charge in [0.25, 0.3) is 5.91 Å². The summed E-state index contributed by atoms with van der Waals surface area (Å²) in [5.74, 6) is -0.469. The fraction of sp³-hybridized carbons (Fsp3) is 0.214. The number of imidazole rings is 1. The van der Waals surface area contributed by atoms with Gasteiger partial charge < -0.3 is 9.29 Å². The van der Waals surface area contributed by atoms with Crippen LogP contribution in [0.25, 0.3) is 21.1 Å². The number of hydrogen-bond donors (Lipinski definition) is 1. The van der Waals surface area contributed by atoms with E-state index in [9.17, 15) is 14.1 Å². The molecule has 0 saturated carbocycles. The van der Waals surface area contributed by atoms with Gasteiger partial charge in [0.2, 0.25) is 0 Å². The van der Waals surface area contributed by atoms with Crippen LogP contribution >= 0.6 is 11.3 Å². The zero-order valence-corrected chi connectivity index (χ0v) is 22.2. The van der Waals surface area contributed by atoms with Crippen molar-refractivity contribution in [3.63, 3.8) is 0 Å². The summed E-state index contributed by atoms with van der Waals surface area (Å²) in [6, 6.07) is 22.4. The number of carbonyl (C=O) groups excluding carboxylic acids is 1. The minimum Gasteiger partial charge on any atom is -0.588 e. The number of nitrogens with zero attached hydrogens (tertiary/aromatic N) is 2. The molecule has 37 heavy (non-hydrogen) atoms. The van der Waals surface area contributed by atoms with Crippen molar-refractivity contribution in [3.05, 3.63) is 99.8 Å². The Labute approximate surface area is 221 Å². The number of thiophene rings is 1. The molecule has 5 aromatic rings. The molecule has 5 rings (SSSR count). The van der Waals surface area contributed by atoms with Crippen molar-refractivity contribution in [2.24, 2.45) is 0 Å². The minimum absolute atomic E-state index is 0.152. The van der Waals surface area contributed by atoms with Crippen LogP contribution in [-0.4, -0.2) is 26.2 Å². The monoisotopic (exact) mass is 533 g/mol. The topological polar surface area (TPSA) is 88.3 Å². The molecule has 0 aliphatic rings. The van der Waals surface area contributed by atoms with Crippen molar-refractivity contribution in [2.45, 2.75) is 37.9 Å². The average Bonchev–Trinajstić information content (AvgIpc) is 3.44. The number of rotatable bonds is 9. The Morgan fingerprint density at radius 1 is 1.05 bits per heavy atom. The molecular formula is C28H27N3O4S2. The van der Waals surface area contributed by atoms with E-state index in [0.717, 1.165) is 11.1 Å². The summed E-state index contributed by atoms with van der Waals surface area (Å²) in [6.45, 7) is 4.60. The lowest BCUT2D eigenvalue weighted by molar-refractivity contribution is -0.124. The first-order valence-corrected chi connectivity index (χ1v) is 14.0. The summed E-state index contributed by atoms with van der Waals surface area (Å²) in [5.41, 5.74) is 3.43. The molecule has 2 heterocycles. The van der Waals surface area contributed by atoms with E-state index in [1.165, 1.54) is 20.2 Å². The molecule has 9 heteroatoms. The fourth-order valence-electron chi connectivity index (χ4n) is 4.62. The van der Waals surface area contributed by atoms with Gasteiger partial charge in [0, 0.05) is 16.7 Å². The highest BCUT2D eigenvalue weighted by Gasteiger charge is 2.26.